The first-order valence-electron chi connectivity index (χ1n) is 5.03. The van der Waals surface area contributed by atoms with Crippen LogP contribution >= 0.6 is 12.4 Å². The van der Waals surface area contributed by atoms with Crippen LogP contribution < -0.4 is 5.73 Å². The average Bonchev–Trinajstić information content (AvgIpc) is 2.19. The third-order valence-electron chi connectivity index (χ3n) is 2.98. The second-order valence-corrected chi connectivity index (χ2v) is 3.90. The molecule has 1 saturated carbocycles. The molecular weight excluding hydrogens is 202 g/mol. The van der Waals surface area contributed by atoms with Gasteiger partial charge in [0, 0.05) is 6.42 Å². The first-order chi connectivity index (χ1) is 6.26. The molecule has 1 aliphatic carbocycles. The highest BCUT2D eigenvalue weighted by Gasteiger charge is 2.22. The standard InChI is InChI=1S/C10H19NO2.ClH/c1-13-10(12)6-8-2-4-9(7-11)5-3-8;/h8-9H,2-7,11H2,1H3;1H. The number of carbonyl (C=O) groups excluding carboxylic acids is 1. The molecule has 0 aromatic rings. The molecule has 3 nitrogen and oxygen atoms in total. The van der Waals surface area contributed by atoms with E-state index < -0.39 is 0 Å². The molecular formula is C10H20ClNO2. The summed E-state index contributed by atoms with van der Waals surface area (Å²) in [5, 5.41) is 0. The van der Waals surface area contributed by atoms with Gasteiger partial charge in [-0.25, -0.2) is 0 Å². The van der Waals surface area contributed by atoms with Gasteiger partial charge >= 0.3 is 5.97 Å². The van der Waals surface area contributed by atoms with Crippen molar-refractivity contribution in [3.8, 4) is 0 Å². The van der Waals surface area contributed by atoms with Gasteiger partial charge in [0.05, 0.1) is 7.11 Å². The zero-order chi connectivity index (χ0) is 9.68. The van der Waals surface area contributed by atoms with Crippen molar-refractivity contribution in [2.75, 3.05) is 13.7 Å². The predicted molar refractivity (Wildman–Crippen MR) is 58.4 cm³/mol. The number of halogens is 1. The normalized spacial score (nSPS) is 26.4. The van der Waals surface area contributed by atoms with Crippen molar-refractivity contribution in [2.45, 2.75) is 32.1 Å². The first kappa shape index (κ1) is 13.7. The van der Waals surface area contributed by atoms with Crippen molar-refractivity contribution in [2.24, 2.45) is 17.6 Å². The van der Waals surface area contributed by atoms with E-state index in [1.807, 2.05) is 0 Å². The molecule has 0 atom stereocenters. The second kappa shape index (κ2) is 7.07. The lowest BCUT2D eigenvalue weighted by Crippen LogP contribution is -2.23. The minimum absolute atomic E-state index is 0. The van der Waals surface area contributed by atoms with E-state index in [2.05, 4.69) is 4.74 Å². The van der Waals surface area contributed by atoms with E-state index in [9.17, 15) is 4.79 Å². The Balaban J connectivity index is 0.00000169. The van der Waals surface area contributed by atoms with E-state index in [4.69, 9.17) is 5.73 Å². The van der Waals surface area contributed by atoms with Crippen molar-refractivity contribution in [3.63, 3.8) is 0 Å². The van der Waals surface area contributed by atoms with Gasteiger partial charge in [-0.05, 0) is 44.1 Å². The van der Waals surface area contributed by atoms with Crippen LogP contribution in [0.15, 0.2) is 0 Å². The number of rotatable bonds is 3. The summed E-state index contributed by atoms with van der Waals surface area (Å²) in [4.78, 5) is 11.0. The fourth-order valence-electron chi connectivity index (χ4n) is 1.99. The van der Waals surface area contributed by atoms with E-state index in [1.165, 1.54) is 20.0 Å². The van der Waals surface area contributed by atoms with Gasteiger partial charge in [0.25, 0.3) is 0 Å². The third kappa shape index (κ3) is 4.29. The molecule has 0 radical (unpaired) electrons. The Labute approximate surface area is 91.8 Å². The summed E-state index contributed by atoms with van der Waals surface area (Å²) in [6.07, 6.45) is 5.22. The van der Waals surface area contributed by atoms with Gasteiger partial charge in [-0.3, -0.25) is 4.79 Å². The van der Waals surface area contributed by atoms with Gasteiger partial charge in [-0.15, -0.1) is 12.4 Å². The molecule has 2 N–H and O–H groups in total. The lowest BCUT2D eigenvalue weighted by atomic mass is 9.81. The Kier molecular flexibility index (Phi) is 6.93. The lowest BCUT2D eigenvalue weighted by Gasteiger charge is -2.26. The van der Waals surface area contributed by atoms with Crippen LogP contribution in [0.4, 0.5) is 0 Å². The summed E-state index contributed by atoms with van der Waals surface area (Å²) in [5.41, 5.74) is 5.58. The smallest absolute Gasteiger partial charge is 0.305 e. The van der Waals surface area contributed by atoms with Crippen LogP contribution in [0.5, 0.6) is 0 Å². The van der Waals surface area contributed by atoms with Crippen molar-refractivity contribution >= 4 is 18.4 Å². The van der Waals surface area contributed by atoms with Crippen LogP contribution in [0.3, 0.4) is 0 Å². The van der Waals surface area contributed by atoms with Gasteiger partial charge in [0.15, 0.2) is 0 Å². The van der Waals surface area contributed by atoms with Crippen molar-refractivity contribution in [3.05, 3.63) is 0 Å². The minimum Gasteiger partial charge on any atom is -0.469 e. The van der Waals surface area contributed by atoms with E-state index >= 15 is 0 Å². The van der Waals surface area contributed by atoms with E-state index in [1.54, 1.807) is 0 Å². The molecule has 14 heavy (non-hydrogen) atoms. The van der Waals surface area contributed by atoms with Crippen molar-refractivity contribution in [1.82, 2.24) is 0 Å². The molecule has 0 aliphatic heterocycles. The van der Waals surface area contributed by atoms with Gasteiger partial charge in [-0.1, -0.05) is 0 Å². The summed E-state index contributed by atoms with van der Waals surface area (Å²) in [5.74, 6) is 1.15. The monoisotopic (exact) mass is 221 g/mol. The summed E-state index contributed by atoms with van der Waals surface area (Å²) in [7, 11) is 1.45. The molecule has 84 valence electrons. The average molecular weight is 222 g/mol. The summed E-state index contributed by atoms with van der Waals surface area (Å²) in [6.45, 7) is 0.797. The maximum Gasteiger partial charge on any atom is 0.305 e. The van der Waals surface area contributed by atoms with Gasteiger partial charge in [-0.2, -0.15) is 0 Å². The van der Waals surface area contributed by atoms with Gasteiger partial charge in [0.1, 0.15) is 0 Å². The number of methoxy groups -OCH3 is 1. The first-order valence-corrected chi connectivity index (χ1v) is 5.03. The molecule has 1 fully saturated rings. The molecule has 4 heteroatoms. The molecule has 0 aromatic carbocycles. The minimum atomic E-state index is -0.0730. The Morgan fingerprint density at radius 2 is 1.79 bits per heavy atom. The number of carbonyl (C=O) groups is 1. The predicted octanol–water partition coefficient (Wildman–Crippen LogP) is 1.74. The van der Waals surface area contributed by atoms with Crippen LogP contribution in [0.2, 0.25) is 0 Å². The molecule has 1 aliphatic rings. The Hall–Kier alpha value is -0.280. The lowest BCUT2D eigenvalue weighted by molar-refractivity contribution is -0.142. The zero-order valence-corrected chi connectivity index (χ0v) is 9.52. The zero-order valence-electron chi connectivity index (χ0n) is 8.70. The van der Waals surface area contributed by atoms with Crippen LogP contribution in [0, 0.1) is 11.8 Å². The number of hydrogen-bond donors (Lipinski definition) is 1. The Morgan fingerprint density at radius 3 is 2.21 bits per heavy atom. The van der Waals surface area contributed by atoms with Crippen LogP contribution in [0.25, 0.3) is 0 Å². The largest absolute Gasteiger partial charge is 0.469 e. The quantitative estimate of drug-likeness (QED) is 0.739. The van der Waals surface area contributed by atoms with Crippen LogP contribution in [-0.2, 0) is 9.53 Å². The summed E-state index contributed by atoms with van der Waals surface area (Å²) in [6, 6.07) is 0. The second-order valence-electron chi connectivity index (χ2n) is 3.90. The highest BCUT2D eigenvalue weighted by Crippen LogP contribution is 2.30. The molecule has 0 unspecified atom stereocenters. The number of esters is 1. The highest BCUT2D eigenvalue weighted by molar-refractivity contribution is 5.85. The number of nitrogens with two attached hydrogens (primary N) is 1. The maximum absolute atomic E-state index is 11.0. The summed E-state index contributed by atoms with van der Waals surface area (Å²) >= 11 is 0. The molecule has 0 spiro atoms. The molecule has 0 amide bonds. The van der Waals surface area contributed by atoms with Crippen LogP contribution in [0.1, 0.15) is 32.1 Å². The topological polar surface area (TPSA) is 52.3 Å². The van der Waals surface area contributed by atoms with Gasteiger partial charge in [0.2, 0.25) is 0 Å². The molecule has 0 bridgehead atoms. The third-order valence-corrected chi connectivity index (χ3v) is 2.98. The Morgan fingerprint density at radius 1 is 1.29 bits per heavy atom. The molecule has 0 heterocycles. The van der Waals surface area contributed by atoms with E-state index in [-0.39, 0.29) is 18.4 Å². The SMILES string of the molecule is COC(=O)CC1CCC(CN)CC1.Cl. The molecule has 0 aromatic heterocycles. The summed E-state index contributed by atoms with van der Waals surface area (Å²) < 4.78 is 4.64. The van der Waals surface area contributed by atoms with Crippen molar-refractivity contribution < 1.29 is 9.53 Å². The highest BCUT2D eigenvalue weighted by atomic mass is 35.5. The van der Waals surface area contributed by atoms with Crippen LogP contribution in [-0.4, -0.2) is 19.6 Å². The fourth-order valence-corrected chi connectivity index (χ4v) is 1.99. The Bertz CT molecular complexity index is 168. The molecule has 0 saturated heterocycles. The van der Waals surface area contributed by atoms with Gasteiger partial charge < -0.3 is 10.5 Å². The number of ether oxygens (including phenoxy) is 1. The fraction of sp³-hybridized carbons (Fsp3) is 0.900. The van der Waals surface area contributed by atoms with E-state index in [0.717, 1.165) is 19.4 Å². The number of hydrogen-bond acceptors (Lipinski definition) is 3. The van der Waals surface area contributed by atoms with Crippen molar-refractivity contribution in [1.29, 1.82) is 0 Å². The maximum atomic E-state index is 11.0. The molecule has 1 rings (SSSR count). The van der Waals surface area contributed by atoms with E-state index in [0.29, 0.717) is 18.3 Å².